The highest BCUT2D eigenvalue weighted by molar-refractivity contribution is 5.95. The molecule has 0 aliphatic heterocycles. The predicted octanol–water partition coefficient (Wildman–Crippen LogP) is 3.30. The molecule has 1 aliphatic rings. The van der Waals surface area contributed by atoms with Crippen molar-refractivity contribution in [2.24, 2.45) is 5.41 Å². The van der Waals surface area contributed by atoms with E-state index < -0.39 is 13.0 Å². The van der Waals surface area contributed by atoms with Gasteiger partial charge in [-0.25, -0.2) is 18.4 Å². The van der Waals surface area contributed by atoms with Crippen molar-refractivity contribution in [3.63, 3.8) is 0 Å². The van der Waals surface area contributed by atoms with Gasteiger partial charge in [-0.15, -0.1) is 5.10 Å². The Balaban J connectivity index is 1.36. The summed E-state index contributed by atoms with van der Waals surface area (Å²) in [6.45, 7) is 1.47. The molecule has 0 unspecified atom stereocenters. The maximum Gasteiger partial charge on any atom is 0.258 e. The third kappa shape index (κ3) is 3.77. The summed E-state index contributed by atoms with van der Waals surface area (Å²) in [5, 5.41) is 11.9. The smallest absolute Gasteiger partial charge is 0.258 e. The molecule has 0 radical (unpaired) electrons. The Kier molecular flexibility index (Phi) is 4.98. The number of halogens is 2. The summed E-state index contributed by atoms with van der Waals surface area (Å²) in [7, 11) is 3.55. The molecular formula is C22H24F2N8O. The standard InChI is InChI=1S/C22H24F2N8O/c1-22(20(33)31(2)3)7-13(8-22)27-21-26-10-15-14(9-25-19(15)28-21)12-4-5-16-17(6-12)32(30-29-16)11-18(23)24/h4-6,9-10,13,18H,7-8,11H2,1-3H3,(H2,25,26,27,28)/t13-,22-. The summed E-state index contributed by atoms with van der Waals surface area (Å²) >= 11 is 0. The lowest BCUT2D eigenvalue weighted by molar-refractivity contribution is -0.143. The summed E-state index contributed by atoms with van der Waals surface area (Å²) in [5.41, 5.74) is 3.09. The van der Waals surface area contributed by atoms with Gasteiger partial charge in [-0.3, -0.25) is 4.79 Å². The van der Waals surface area contributed by atoms with Gasteiger partial charge in [0.05, 0.1) is 10.9 Å². The number of hydrogen-bond acceptors (Lipinski definition) is 6. The van der Waals surface area contributed by atoms with Gasteiger partial charge in [0.25, 0.3) is 6.43 Å². The Morgan fingerprint density at radius 2 is 2.15 bits per heavy atom. The number of nitrogens with one attached hydrogen (secondary N) is 2. The maximum atomic E-state index is 12.8. The van der Waals surface area contributed by atoms with E-state index in [1.807, 2.05) is 19.2 Å². The molecule has 9 nitrogen and oxygen atoms in total. The number of aromatic nitrogens is 6. The Morgan fingerprint density at radius 1 is 1.36 bits per heavy atom. The van der Waals surface area contributed by atoms with Crippen LogP contribution in [0.4, 0.5) is 14.7 Å². The van der Waals surface area contributed by atoms with E-state index >= 15 is 0 Å². The molecule has 5 rings (SSSR count). The second-order valence-electron chi connectivity index (χ2n) is 9.03. The molecule has 0 bridgehead atoms. The van der Waals surface area contributed by atoms with Crippen LogP contribution in [0.5, 0.6) is 0 Å². The van der Waals surface area contributed by atoms with E-state index in [1.165, 1.54) is 4.68 Å². The number of carbonyl (C=O) groups excluding carboxylic acids is 1. The van der Waals surface area contributed by atoms with Gasteiger partial charge in [-0.2, -0.15) is 4.98 Å². The van der Waals surface area contributed by atoms with Crippen LogP contribution in [0.3, 0.4) is 0 Å². The van der Waals surface area contributed by atoms with Crippen LogP contribution in [0.2, 0.25) is 0 Å². The number of nitrogens with zero attached hydrogens (tertiary/aromatic N) is 6. The van der Waals surface area contributed by atoms with Crippen LogP contribution >= 0.6 is 0 Å². The summed E-state index contributed by atoms with van der Waals surface area (Å²) in [5.74, 6) is 0.628. The van der Waals surface area contributed by atoms with E-state index in [0.29, 0.717) is 22.6 Å². The van der Waals surface area contributed by atoms with Crippen molar-refractivity contribution < 1.29 is 13.6 Å². The predicted molar refractivity (Wildman–Crippen MR) is 120 cm³/mol. The number of benzene rings is 1. The van der Waals surface area contributed by atoms with Crippen molar-refractivity contribution in [1.29, 1.82) is 0 Å². The number of amides is 1. The Bertz CT molecular complexity index is 1340. The molecule has 1 amide bonds. The zero-order valence-corrected chi connectivity index (χ0v) is 18.5. The van der Waals surface area contributed by atoms with Gasteiger partial charge >= 0.3 is 0 Å². The number of hydrogen-bond donors (Lipinski definition) is 2. The van der Waals surface area contributed by atoms with Gasteiger partial charge in [-0.1, -0.05) is 18.2 Å². The zero-order chi connectivity index (χ0) is 23.3. The second-order valence-corrected chi connectivity index (χ2v) is 9.03. The van der Waals surface area contributed by atoms with Gasteiger partial charge in [0, 0.05) is 43.5 Å². The van der Waals surface area contributed by atoms with Crippen molar-refractivity contribution in [3.05, 3.63) is 30.6 Å². The normalized spacial score (nSPS) is 20.4. The fraction of sp³-hybridized carbons (Fsp3) is 0.409. The zero-order valence-electron chi connectivity index (χ0n) is 18.5. The van der Waals surface area contributed by atoms with Crippen LogP contribution < -0.4 is 5.32 Å². The molecule has 172 valence electrons. The molecule has 11 heteroatoms. The number of fused-ring (bicyclic) bond motifs is 2. The molecule has 3 heterocycles. The molecule has 0 spiro atoms. The highest BCUT2D eigenvalue weighted by atomic mass is 19.3. The SMILES string of the molecule is CN(C)C(=O)[C@]1(C)C[C@@H](Nc2ncc3c(-c4ccc5nnn(CC(F)F)c5c4)c[nH]c3n2)C1. The molecule has 2 N–H and O–H groups in total. The van der Waals surface area contributed by atoms with Crippen LogP contribution in [-0.2, 0) is 11.3 Å². The van der Waals surface area contributed by atoms with Crippen LogP contribution in [0, 0.1) is 5.41 Å². The number of anilines is 1. The third-order valence-electron chi connectivity index (χ3n) is 6.22. The minimum atomic E-state index is -2.51. The summed E-state index contributed by atoms with van der Waals surface area (Å²) in [6.07, 6.45) is 2.49. The lowest BCUT2D eigenvalue weighted by Gasteiger charge is -2.45. The second kappa shape index (κ2) is 7.75. The average molecular weight is 454 g/mol. The van der Waals surface area contributed by atoms with Crippen molar-refractivity contribution in [2.45, 2.75) is 38.8 Å². The lowest BCUT2D eigenvalue weighted by atomic mass is 9.66. The third-order valence-corrected chi connectivity index (χ3v) is 6.22. The summed E-state index contributed by atoms with van der Waals surface area (Å²) < 4.78 is 26.9. The number of aromatic amines is 1. The first-order chi connectivity index (χ1) is 15.7. The average Bonchev–Trinajstić information content (AvgIpc) is 3.35. The molecule has 0 atom stereocenters. The molecule has 1 aromatic carbocycles. The number of carbonyl (C=O) groups is 1. The molecule has 3 aromatic heterocycles. The first kappa shape index (κ1) is 21.2. The first-order valence-corrected chi connectivity index (χ1v) is 10.7. The van der Waals surface area contributed by atoms with Crippen LogP contribution in [0.15, 0.2) is 30.6 Å². The Labute approximate surface area is 188 Å². The number of H-pyrrole nitrogens is 1. The van der Waals surface area contributed by atoms with Gasteiger partial charge in [0.15, 0.2) is 0 Å². The van der Waals surface area contributed by atoms with Crippen LogP contribution in [0.1, 0.15) is 19.8 Å². The Hall–Kier alpha value is -3.63. The van der Waals surface area contributed by atoms with Gasteiger partial charge in [0.2, 0.25) is 11.9 Å². The topological polar surface area (TPSA) is 105 Å². The molecular weight excluding hydrogens is 430 g/mol. The van der Waals surface area contributed by atoms with E-state index in [-0.39, 0.29) is 17.4 Å². The van der Waals surface area contributed by atoms with E-state index in [1.54, 1.807) is 37.3 Å². The van der Waals surface area contributed by atoms with Crippen molar-refractivity contribution in [2.75, 3.05) is 19.4 Å². The highest BCUT2D eigenvalue weighted by Crippen LogP contribution is 2.43. The Morgan fingerprint density at radius 3 is 2.88 bits per heavy atom. The van der Waals surface area contributed by atoms with Gasteiger partial charge < -0.3 is 15.2 Å². The molecule has 1 saturated carbocycles. The fourth-order valence-corrected chi connectivity index (χ4v) is 4.64. The van der Waals surface area contributed by atoms with E-state index in [4.69, 9.17) is 0 Å². The number of alkyl halides is 2. The maximum absolute atomic E-state index is 12.8. The molecule has 33 heavy (non-hydrogen) atoms. The quantitative estimate of drug-likeness (QED) is 0.463. The minimum Gasteiger partial charge on any atom is -0.351 e. The van der Waals surface area contributed by atoms with Gasteiger partial charge in [-0.05, 0) is 30.5 Å². The lowest BCUT2D eigenvalue weighted by Crippen LogP contribution is -2.52. The van der Waals surface area contributed by atoms with E-state index in [9.17, 15) is 13.6 Å². The minimum absolute atomic E-state index is 0.132. The summed E-state index contributed by atoms with van der Waals surface area (Å²) in [4.78, 5) is 26.1. The summed E-state index contributed by atoms with van der Waals surface area (Å²) in [6, 6.07) is 5.56. The largest absolute Gasteiger partial charge is 0.351 e. The van der Waals surface area contributed by atoms with Crippen LogP contribution in [0.25, 0.3) is 33.2 Å². The molecule has 4 aromatic rings. The highest BCUT2D eigenvalue weighted by Gasteiger charge is 2.47. The van der Waals surface area contributed by atoms with E-state index in [0.717, 1.165) is 29.4 Å². The first-order valence-electron chi connectivity index (χ1n) is 10.7. The molecule has 1 aliphatic carbocycles. The molecule has 0 saturated heterocycles. The van der Waals surface area contributed by atoms with Gasteiger partial charge in [0.1, 0.15) is 17.7 Å². The monoisotopic (exact) mass is 454 g/mol. The number of rotatable bonds is 6. The van der Waals surface area contributed by atoms with Crippen molar-refractivity contribution in [1.82, 2.24) is 34.8 Å². The van der Waals surface area contributed by atoms with Crippen LogP contribution in [-0.4, -0.2) is 67.3 Å². The van der Waals surface area contributed by atoms with E-state index in [2.05, 4.69) is 30.6 Å². The molecule has 1 fully saturated rings. The fourth-order valence-electron chi connectivity index (χ4n) is 4.64. The van der Waals surface area contributed by atoms with Crippen molar-refractivity contribution >= 4 is 33.9 Å². The van der Waals surface area contributed by atoms with Crippen molar-refractivity contribution in [3.8, 4) is 11.1 Å².